The molecule has 80 valence electrons. The first-order chi connectivity index (χ1) is 6.76. The Hall–Kier alpha value is -0.130. The van der Waals surface area contributed by atoms with Crippen LogP contribution in [0, 0.1) is 0 Å². The topological polar surface area (TPSA) is 30.5 Å². The lowest BCUT2D eigenvalue weighted by Gasteiger charge is -2.13. The van der Waals surface area contributed by atoms with Crippen molar-refractivity contribution in [3.05, 3.63) is 21.3 Å². The number of rotatable bonds is 6. The maximum absolute atomic E-state index is 5.80. The summed E-state index contributed by atoms with van der Waals surface area (Å²) in [5, 5.41) is 3.22. The van der Waals surface area contributed by atoms with Gasteiger partial charge in [0.05, 0.1) is 4.34 Å². The van der Waals surface area contributed by atoms with Gasteiger partial charge in [-0.1, -0.05) is 11.6 Å². The first-order valence-electron chi connectivity index (χ1n) is 4.26. The van der Waals surface area contributed by atoms with Crippen molar-refractivity contribution < 1.29 is 9.47 Å². The van der Waals surface area contributed by atoms with Crippen molar-refractivity contribution in [1.29, 1.82) is 0 Å². The molecule has 1 heterocycles. The minimum atomic E-state index is -0.189. The summed E-state index contributed by atoms with van der Waals surface area (Å²) in [6.07, 6.45) is -0.189. The standard InChI is InChI=1S/C9H14ClNO2S/c1-12-9(13-2)6-11-5-7-3-4-8(10)14-7/h3-4,9,11H,5-6H2,1-2H3. The monoisotopic (exact) mass is 235 g/mol. The first kappa shape index (κ1) is 11.9. The summed E-state index contributed by atoms with van der Waals surface area (Å²) < 4.78 is 10.9. The van der Waals surface area contributed by atoms with E-state index in [0.717, 1.165) is 10.9 Å². The Bertz CT molecular complexity index is 263. The highest BCUT2D eigenvalue weighted by Crippen LogP contribution is 2.20. The van der Waals surface area contributed by atoms with Crippen LogP contribution in [-0.4, -0.2) is 27.1 Å². The molecular weight excluding hydrogens is 222 g/mol. The van der Waals surface area contributed by atoms with Crippen LogP contribution in [0.25, 0.3) is 0 Å². The Labute approximate surface area is 93.0 Å². The smallest absolute Gasteiger partial charge is 0.169 e. The minimum Gasteiger partial charge on any atom is -0.355 e. The Morgan fingerprint density at radius 2 is 2.14 bits per heavy atom. The van der Waals surface area contributed by atoms with Gasteiger partial charge in [0, 0.05) is 32.2 Å². The van der Waals surface area contributed by atoms with Crippen molar-refractivity contribution >= 4 is 22.9 Å². The van der Waals surface area contributed by atoms with E-state index in [9.17, 15) is 0 Å². The van der Waals surface area contributed by atoms with Crippen LogP contribution in [0.1, 0.15) is 4.88 Å². The normalized spacial score (nSPS) is 11.1. The second-order valence-electron chi connectivity index (χ2n) is 2.74. The van der Waals surface area contributed by atoms with Crippen LogP contribution in [0.15, 0.2) is 12.1 Å². The summed E-state index contributed by atoms with van der Waals surface area (Å²) in [6, 6.07) is 3.90. The van der Waals surface area contributed by atoms with Gasteiger partial charge in [-0.15, -0.1) is 11.3 Å². The number of hydrogen-bond acceptors (Lipinski definition) is 4. The molecule has 0 radical (unpaired) electrons. The first-order valence-corrected chi connectivity index (χ1v) is 5.46. The van der Waals surface area contributed by atoms with E-state index < -0.39 is 0 Å². The number of hydrogen-bond donors (Lipinski definition) is 1. The summed E-state index contributed by atoms with van der Waals surface area (Å²) in [5.41, 5.74) is 0. The van der Waals surface area contributed by atoms with Crippen molar-refractivity contribution in [2.45, 2.75) is 12.8 Å². The van der Waals surface area contributed by atoms with E-state index in [4.69, 9.17) is 21.1 Å². The van der Waals surface area contributed by atoms with Crippen molar-refractivity contribution in [2.75, 3.05) is 20.8 Å². The molecule has 0 saturated heterocycles. The molecule has 0 spiro atoms. The number of thiophene rings is 1. The second-order valence-corrected chi connectivity index (χ2v) is 4.54. The molecule has 0 aliphatic heterocycles. The molecule has 1 N–H and O–H groups in total. The Kier molecular flexibility index (Phi) is 5.44. The average Bonchev–Trinajstić information content (AvgIpc) is 2.59. The van der Waals surface area contributed by atoms with Crippen molar-refractivity contribution in [3.63, 3.8) is 0 Å². The van der Waals surface area contributed by atoms with Crippen molar-refractivity contribution in [2.24, 2.45) is 0 Å². The molecule has 1 aromatic rings. The molecule has 0 bridgehead atoms. The van der Waals surface area contributed by atoms with Gasteiger partial charge in [0.15, 0.2) is 6.29 Å². The van der Waals surface area contributed by atoms with Crippen LogP contribution in [-0.2, 0) is 16.0 Å². The number of nitrogens with one attached hydrogen (secondary N) is 1. The third-order valence-corrected chi connectivity index (χ3v) is 3.00. The fourth-order valence-corrected chi connectivity index (χ4v) is 2.08. The third kappa shape index (κ3) is 3.94. The molecule has 0 aliphatic carbocycles. The molecule has 0 saturated carbocycles. The van der Waals surface area contributed by atoms with E-state index >= 15 is 0 Å². The number of methoxy groups -OCH3 is 2. The van der Waals surface area contributed by atoms with Gasteiger partial charge >= 0.3 is 0 Å². The molecule has 0 unspecified atom stereocenters. The van der Waals surface area contributed by atoms with Gasteiger partial charge in [-0.25, -0.2) is 0 Å². The maximum Gasteiger partial charge on any atom is 0.169 e. The predicted molar refractivity (Wildman–Crippen MR) is 58.8 cm³/mol. The molecule has 1 rings (SSSR count). The van der Waals surface area contributed by atoms with Gasteiger partial charge in [0.1, 0.15) is 0 Å². The number of ether oxygens (including phenoxy) is 2. The lowest BCUT2D eigenvalue weighted by atomic mass is 10.4. The van der Waals surface area contributed by atoms with Crippen LogP contribution >= 0.6 is 22.9 Å². The fourth-order valence-electron chi connectivity index (χ4n) is 1.02. The van der Waals surface area contributed by atoms with Crippen LogP contribution in [0.2, 0.25) is 4.34 Å². The summed E-state index contributed by atoms with van der Waals surface area (Å²) in [7, 11) is 3.25. The van der Waals surface area contributed by atoms with Gasteiger partial charge < -0.3 is 14.8 Å². The Balaban J connectivity index is 2.21. The van der Waals surface area contributed by atoms with E-state index in [-0.39, 0.29) is 6.29 Å². The van der Waals surface area contributed by atoms with Gasteiger partial charge in [-0.05, 0) is 12.1 Å². The molecule has 14 heavy (non-hydrogen) atoms. The highest BCUT2D eigenvalue weighted by atomic mass is 35.5. The lowest BCUT2D eigenvalue weighted by molar-refractivity contribution is -0.0988. The molecular formula is C9H14ClNO2S. The van der Waals surface area contributed by atoms with Gasteiger partial charge in [0.25, 0.3) is 0 Å². The minimum absolute atomic E-state index is 0.189. The predicted octanol–water partition coefficient (Wildman–Crippen LogP) is 2.11. The Morgan fingerprint density at radius 1 is 1.43 bits per heavy atom. The molecule has 0 atom stereocenters. The van der Waals surface area contributed by atoms with E-state index in [0.29, 0.717) is 6.54 Å². The van der Waals surface area contributed by atoms with Crippen LogP contribution < -0.4 is 5.32 Å². The molecule has 0 fully saturated rings. The van der Waals surface area contributed by atoms with E-state index in [1.807, 2.05) is 12.1 Å². The zero-order valence-electron chi connectivity index (χ0n) is 8.25. The molecule has 1 aromatic heterocycles. The molecule has 0 aromatic carbocycles. The molecule has 0 aliphatic rings. The zero-order valence-corrected chi connectivity index (χ0v) is 9.82. The number of halogens is 1. The van der Waals surface area contributed by atoms with E-state index in [1.165, 1.54) is 4.88 Å². The molecule has 5 heteroatoms. The molecule has 3 nitrogen and oxygen atoms in total. The van der Waals surface area contributed by atoms with Crippen LogP contribution in [0.4, 0.5) is 0 Å². The quantitative estimate of drug-likeness (QED) is 0.767. The van der Waals surface area contributed by atoms with Gasteiger partial charge in [0.2, 0.25) is 0 Å². The largest absolute Gasteiger partial charge is 0.355 e. The maximum atomic E-state index is 5.80. The van der Waals surface area contributed by atoms with Crippen molar-refractivity contribution in [3.8, 4) is 0 Å². The highest BCUT2D eigenvalue weighted by Gasteiger charge is 2.04. The summed E-state index contributed by atoms with van der Waals surface area (Å²) in [6.45, 7) is 1.46. The zero-order chi connectivity index (χ0) is 10.4. The van der Waals surface area contributed by atoms with E-state index in [2.05, 4.69) is 5.32 Å². The third-order valence-electron chi connectivity index (χ3n) is 1.76. The van der Waals surface area contributed by atoms with Crippen molar-refractivity contribution in [1.82, 2.24) is 5.32 Å². The van der Waals surface area contributed by atoms with E-state index in [1.54, 1.807) is 25.6 Å². The summed E-state index contributed by atoms with van der Waals surface area (Å²) in [4.78, 5) is 1.21. The lowest BCUT2D eigenvalue weighted by Crippen LogP contribution is -2.29. The van der Waals surface area contributed by atoms with Crippen LogP contribution in [0.5, 0.6) is 0 Å². The Morgan fingerprint density at radius 3 is 2.64 bits per heavy atom. The van der Waals surface area contributed by atoms with Crippen LogP contribution in [0.3, 0.4) is 0 Å². The molecule has 0 amide bonds. The fraction of sp³-hybridized carbons (Fsp3) is 0.556. The highest BCUT2D eigenvalue weighted by molar-refractivity contribution is 7.16. The van der Waals surface area contributed by atoms with Gasteiger partial charge in [-0.2, -0.15) is 0 Å². The van der Waals surface area contributed by atoms with Gasteiger partial charge in [-0.3, -0.25) is 0 Å². The summed E-state index contributed by atoms with van der Waals surface area (Å²) >= 11 is 7.37. The SMILES string of the molecule is COC(CNCc1ccc(Cl)s1)OC. The second kappa shape index (κ2) is 6.37. The summed E-state index contributed by atoms with van der Waals surface area (Å²) in [5.74, 6) is 0. The average molecular weight is 236 g/mol.